The van der Waals surface area contributed by atoms with Crippen molar-refractivity contribution in [3.63, 3.8) is 0 Å². The second kappa shape index (κ2) is 9.04. The molecule has 1 N–H and O–H groups in total. The maximum atomic E-state index is 6.03. The summed E-state index contributed by atoms with van der Waals surface area (Å²) in [5.41, 5.74) is 0.175. The highest BCUT2D eigenvalue weighted by atomic mass is 127. The van der Waals surface area contributed by atoms with Crippen molar-refractivity contribution in [2.45, 2.75) is 52.2 Å². The van der Waals surface area contributed by atoms with Gasteiger partial charge in [-0.3, -0.25) is 4.99 Å². The maximum absolute atomic E-state index is 6.03. The summed E-state index contributed by atoms with van der Waals surface area (Å²) >= 11 is 1.83. The van der Waals surface area contributed by atoms with E-state index in [0.717, 1.165) is 32.1 Å². The summed E-state index contributed by atoms with van der Waals surface area (Å²) in [5, 5.41) is 5.92. The zero-order valence-corrected chi connectivity index (χ0v) is 19.0. The maximum Gasteiger partial charge on any atom is 0.193 e. The van der Waals surface area contributed by atoms with Crippen LogP contribution in [0.1, 0.15) is 38.5 Å². The van der Waals surface area contributed by atoms with Crippen LogP contribution >= 0.6 is 35.3 Å². The normalized spacial score (nSPS) is 27.7. The van der Waals surface area contributed by atoms with Gasteiger partial charge < -0.3 is 15.0 Å². The monoisotopic (exact) mass is 477 g/mol. The molecule has 1 aromatic heterocycles. The van der Waals surface area contributed by atoms with Crippen LogP contribution in [-0.2, 0) is 11.2 Å². The Morgan fingerprint density at radius 1 is 1.48 bits per heavy atom. The molecule has 1 aliphatic carbocycles. The molecule has 0 radical (unpaired) electrons. The van der Waals surface area contributed by atoms with Gasteiger partial charge in [0.05, 0.1) is 6.10 Å². The van der Waals surface area contributed by atoms with E-state index < -0.39 is 0 Å². The van der Waals surface area contributed by atoms with Crippen molar-refractivity contribution in [3.05, 3.63) is 22.4 Å². The lowest BCUT2D eigenvalue weighted by Crippen LogP contribution is -2.71. The Bertz CT molecular complexity index is 561. The van der Waals surface area contributed by atoms with Gasteiger partial charge in [0.1, 0.15) is 0 Å². The molecular weight excluding hydrogens is 445 g/mol. The lowest BCUT2D eigenvalue weighted by molar-refractivity contribution is -0.188. The van der Waals surface area contributed by atoms with Crippen molar-refractivity contribution in [1.82, 2.24) is 10.2 Å². The van der Waals surface area contributed by atoms with Gasteiger partial charge in [0.2, 0.25) is 0 Å². The standard InChI is InChI=1S/C19H31N3OS.HI/c1-5-20-18(22(4)11-10-14-8-7-13-24-14)21-16-15-9-6-12-23-17(15)19(16,2)3;/h7-8,13,15-17H,5-6,9-12H2,1-4H3,(H,20,21);1H. The highest BCUT2D eigenvalue weighted by Gasteiger charge is 2.58. The van der Waals surface area contributed by atoms with E-state index in [4.69, 9.17) is 9.73 Å². The van der Waals surface area contributed by atoms with Crippen molar-refractivity contribution in [2.24, 2.45) is 16.3 Å². The summed E-state index contributed by atoms with van der Waals surface area (Å²) in [4.78, 5) is 8.45. The van der Waals surface area contributed by atoms with Crippen LogP contribution in [0.3, 0.4) is 0 Å². The fraction of sp³-hybridized carbons (Fsp3) is 0.737. The minimum Gasteiger partial charge on any atom is -0.377 e. The van der Waals surface area contributed by atoms with Gasteiger partial charge >= 0.3 is 0 Å². The SMILES string of the molecule is CCN=C(NC1C2CCCOC2C1(C)C)N(C)CCc1cccs1.I. The number of fused-ring (bicyclic) bond motifs is 1. The molecule has 1 saturated carbocycles. The third kappa shape index (κ3) is 4.50. The second-order valence-corrected chi connectivity index (χ2v) is 8.62. The molecule has 142 valence electrons. The van der Waals surface area contributed by atoms with Gasteiger partial charge in [0.15, 0.2) is 5.96 Å². The van der Waals surface area contributed by atoms with Gasteiger partial charge in [-0.05, 0) is 37.6 Å². The van der Waals surface area contributed by atoms with E-state index in [-0.39, 0.29) is 29.4 Å². The van der Waals surface area contributed by atoms with Crippen molar-refractivity contribution < 1.29 is 4.74 Å². The zero-order chi connectivity index (χ0) is 17.2. The molecule has 25 heavy (non-hydrogen) atoms. The minimum absolute atomic E-state index is 0. The van der Waals surface area contributed by atoms with Crippen LogP contribution < -0.4 is 5.32 Å². The van der Waals surface area contributed by atoms with Gasteiger partial charge in [-0.1, -0.05) is 19.9 Å². The van der Waals surface area contributed by atoms with Crippen LogP contribution in [0, 0.1) is 11.3 Å². The van der Waals surface area contributed by atoms with E-state index in [1.807, 2.05) is 11.3 Å². The smallest absolute Gasteiger partial charge is 0.193 e. The highest BCUT2D eigenvalue weighted by molar-refractivity contribution is 14.0. The largest absolute Gasteiger partial charge is 0.377 e. The molecule has 4 nitrogen and oxygen atoms in total. The number of nitrogens with zero attached hydrogens (tertiary/aromatic N) is 2. The average molecular weight is 477 g/mol. The molecule has 1 aromatic rings. The van der Waals surface area contributed by atoms with Crippen molar-refractivity contribution >= 4 is 41.3 Å². The number of halogens is 1. The molecule has 6 heteroatoms. The summed E-state index contributed by atoms with van der Waals surface area (Å²) in [7, 11) is 2.15. The molecule has 3 unspecified atom stereocenters. The molecule has 0 bridgehead atoms. The first-order valence-electron chi connectivity index (χ1n) is 9.20. The quantitative estimate of drug-likeness (QED) is 0.396. The molecule has 2 aliphatic rings. The van der Waals surface area contributed by atoms with E-state index in [0.29, 0.717) is 18.1 Å². The first-order chi connectivity index (χ1) is 11.5. The lowest BCUT2D eigenvalue weighted by atomic mass is 9.55. The van der Waals surface area contributed by atoms with Crippen LogP contribution in [0.2, 0.25) is 0 Å². The minimum atomic E-state index is 0. The molecule has 0 amide bonds. The Morgan fingerprint density at radius 2 is 2.28 bits per heavy atom. The fourth-order valence-electron chi connectivity index (χ4n) is 4.22. The third-order valence-electron chi connectivity index (χ3n) is 5.56. The van der Waals surface area contributed by atoms with Crippen molar-refractivity contribution in [2.75, 3.05) is 26.7 Å². The first kappa shape index (κ1) is 21.0. The Hall–Kier alpha value is -0.340. The Morgan fingerprint density at radius 3 is 2.96 bits per heavy atom. The molecule has 3 atom stereocenters. The fourth-order valence-corrected chi connectivity index (χ4v) is 4.92. The predicted octanol–water partition coefficient (Wildman–Crippen LogP) is 4.01. The van der Waals surface area contributed by atoms with E-state index >= 15 is 0 Å². The molecule has 0 aromatic carbocycles. The number of likely N-dealkylation sites (N-methyl/N-ethyl adjacent to an activating group) is 1. The summed E-state index contributed by atoms with van der Waals surface area (Å²) in [6.45, 7) is 9.48. The molecule has 0 spiro atoms. The summed E-state index contributed by atoms with van der Waals surface area (Å²) in [5.74, 6) is 1.66. The molecule has 2 fully saturated rings. The topological polar surface area (TPSA) is 36.9 Å². The summed E-state index contributed by atoms with van der Waals surface area (Å²) in [6, 6.07) is 4.79. The number of hydrogen-bond donors (Lipinski definition) is 1. The molecule has 1 aliphatic heterocycles. The number of thiophene rings is 1. The van der Waals surface area contributed by atoms with Crippen LogP contribution in [0.4, 0.5) is 0 Å². The predicted molar refractivity (Wildman–Crippen MR) is 117 cm³/mol. The first-order valence-corrected chi connectivity index (χ1v) is 10.1. The number of hydrogen-bond acceptors (Lipinski definition) is 3. The van der Waals surface area contributed by atoms with Crippen LogP contribution in [-0.4, -0.2) is 49.7 Å². The summed E-state index contributed by atoms with van der Waals surface area (Å²) < 4.78 is 6.03. The van der Waals surface area contributed by atoms with Crippen LogP contribution in [0.25, 0.3) is 0 Å². The molecule has 1 saturated heterocycles. The van der Waals surface area contributed by atoms with E-state index in [1.165, 1.54) is 17.7 Å². The van der Waals surface area contributed by atoms with Gasteiger partial charge in [-0.25, -0.2) is 0 Å². The van der Waals surface area contributed by atoms with E-state index in [1.54, 1.807) is 0 Å². The molecule has 3 rings (SSSR count). The summed E-state index contributed by atoms with van der Waals surface area (Å²) in [6.07, 6.45) is 3.93. The Balaban J connectivity index is 0.00000225. The van der Waals surface area contributed by atoms with Gasteiger partial charge in [-0.2, -0.15) is 0 Å². The number of rotatable bonds is 5. The third-order valence-corrected chi connectivity index (χ3v) is 6.50. The number of aliphatic imine (C=N–C) groups is 1. The molecular formula is C19H32IN3OS. The number of nitrogens with one attached hydrogen (secondary N) is 1. The molecule has 2 heterocycles. The Labute approximate surface area is 173 Å². The van der Waals surface area contributed by atoms with E-state index in [2.05, 4.69) is 55.5 Å². The van der Waals surface area contributed by atoms with Crippen LogP contribution in [0.5, 0.6) is 0 Å². The van der Waals surface area contributed by atoms with E-state index in [9.17, 15) is 0 Å². The Kier molecular flexibility index (Phi) is 7.58. The zero-order valence-electron chi connectivity index (χ0n) is 15.8. The van der Waals surface area contributed by atoms with Gasteiger partial charge in [0.25, 0.3) is 0 Å². The highest BCUT2D eigenvalue weighted by Crippen LogP contribution is 2.51. The van der Waals surface area contributed by atoms with Crippen LogP contribution in [0.15, 0.2) is 22.5 Å². The second-order valence-electron chi connectivity index (χ2n) is 7.59. The lowest BCUT2D eigenvalue weighted by Gasteiger charge is -2.60. The van der Waals surface area contributed by atoms with Crippen molar-refractivity contribution in [3.8, 4) is 0 Å². The van der Waals surface area contributed by atoms with Gasteiger partial charge in [-0.15, -0.1) is 35.3 Å². The number of ether oxygens (including phenoxy) is 1. The number of guanidine groups is 1. The van der Waals surface area contributed by atoms with Crippen molar-refractivity contribution in [1.29, 1.82) is 0 Å². The van der Waals surface area contributed by atoms with Gasteiger partial charge in [0, 0.05) is 49.0 Å². The average Bonchev–Trinajstić information content (AvgIpc) is 3.09.